The lowest BCUT2D eigenvalue weighted by molar-refractivity contribution is -0.137. The van der Waals surface area contributed by atoms with Crippen molar-refractivity contribution in [1.82, 2.24) is 10.5 Å². The van der Waals surface area contributed by atoms with E-state index in [0.717, 1.165) is 18.5 Å². The molecule has 0 aliphatic rings. The van der Waals surface area contributed by atoms with Gasteiger partial charge in [0.15, 0.2) is 11.6 Å². The van der Waals surface area contributed by atoms with E-state index in [4.69, 9.17) is 10.2 Å². The van der Waals surface area contributed by atoms with Gasteiger partial charge in [-0.25, -0.2) is 14.3 Å². The molecule has 7 nitrogen and oxygen atoms in total. The number of pyridine rings is 1. The van der Waals surface area contributed by atoms with Crippen LogP contribution in [-0.2, 0) is 11.0 Å². The van der Waals surface area contributed by atoms with E-state index in [1.165, 1.54) is 0 Å². The molecule has 1 amide bonds. The molecule has 1 heterocycles. The maximum absolute atomic E-state index is 14.2. The Morgan fingerprint density at radius 1 is 1.25 bits per heavy atom. The summed E-state index contributed by atoms with van der Waals surface area (Å²) >= 11 is 0. The van der Waals surface area contributed by atoms with Crippen LogP contribution in [0.2, 0.25) is 0 Å². The van der Waals surface area contributed by atoms with Crippen molar-refractivity contribution in [2.45, 2.75) is 12.3 Å². The van der Waals surface area contributed by atoms with E-state index in [-0.39, 0.29) is 0 Å². The average Bonchev–Trinajstić information content (AvgIpc) is 2.64. The predicted octanol–water partition coefficient (Wildman–Crippen LogP) is 2.14. The van der Waals surface area contributed by atoms with Crippen molar-refractivity contribution in [1.29, 1.82) is 0 Å². The maximum atomic E-state index is 14.2. The highest BCUT2D eigenvalue weighted by Crippen LogP contribution is 2.36. The number of hydrogen-bond donors (Lipinski definition) is 4. The molecule has 12 heteroatoms. The molecule has 0 spiro atoms. The van der Waals surface area contributed by atoms with E-state index in [1.54, 1.807) is 5.48 Å². The van der Waals surface area contributed by atoms with E-state index in [0.29, 0.717) is 12.1 Å². The molecule has 1 aromatic carbocycles. The van der Waals surface area contributed by atoms with Gasteiger partial charge in [-0.1, -0.05) is 0 Å². The molecule has 1 aromatic heterocycles. The van der Waals surface area contributed by atoms with Gasteiger partial charge < -0.3 is 15.5 Å². The quantitative estimate of drug-likeness (QED) is 0.414. The van der Waals surface area contributed by atoms with Crippen LogP contribution in [0, 0.1) is 11.6 Å². The second kappa shape index (κ2) is 8.91. The first-order chi connectivity index (χ1) is 13.1. The van der Waals surface area contributed by atoms with Crippen LogP contribution in [0.1, 0.15) is 15.9 Å². The summed E-state index contributed by atoms with van der Waals surface area (Å²) in [5.41, 5.74) is -1.55. The molecular formula is C16H14F5N3O4. The fourth-order valence-corrected chi connectivity index (χ4v) is 2.05. The van der Waals surface area contributed by atoms with Gasteiger partial charge in [-0.15, -0.1) is 0 Å². The van der Waals surface area contributed by atoms with Gasteiger partial charge in [0.05, 0.1) is 35.3 Å². The average molecular weight is 407 g/mol. The van der Waals surface area contributed by atoms with Gasteiger partial charge in [0.25, 0.3) is 5.91 Å². The topological polar surface area (TPSA) is 104 Å². The maximum Gasteiger partial charge on any atom is 0.418 e. The molecule has 2 rings (SSSR count). The number of amides is 1. The minimum absolute atomic E-state index is 0.518. The number of carbonyl (C=O) groups excluding carboxylic acids is 1. The fraction of sp³-hybridized carbons (Fsp3) is 0.250. The molecular weight excluding hydrogens is 393 g/mol. The van der Waals surface area contributed by atoms with E-state index in [1.807, 2.05) is 5.32 Å². The summed E-state index contributed by atoms with van der Waals surface area (Å²) in [6.07, 6.45) is -4.53. The molecule has 2 aromatic rings. The standard InChI is InChI=1S/C16H14F5N3O4/c17-11-2-1-9(15(27)24-28-7-8(26)6-25)14(13(11)18)23-12-5-22-4-3-10(12)16(19,20)21/h1-5,8,23,25-26H,6-7H2,(H,24,27)/t8-/m1/s1. The fourth-order valence-electron chi connectivity index (χ4n) is 2.05. The molecule has 152 valence electrons. The Morgan fingerprint density at radius 2 is 1.96 bits per heavy atom. The first-order valence-corrected chi connectivity index (χ1v) is 7.62. The monoisotopic (exact) mass is 407 g/mol. The molecule has 0 aliphatic heterocycles. The zero-order valence-electron chi connectivity index (χ0n) is 13.9. The number of rotatable bonds is 7. The number of nitrogens with zero attached hydrogens (tertiary/aromatic N) is 1. The highest BCUT2D eigenvalue weighted by Gasteiger charge is 2.34. The predicted molar refractivity (Wildman–Crippen MR) is 85.4 cm³/mol. The zero-order chi connectivity index (χ0) is 20.9. The Bertz CT molecular complexity index is 848. The summed E-state index contributed by atoms with van der Waals surface area (Å²) in [6.45, 7) is -1.18. The summed E-state index contributed by atoms with van der Waals surface area (Å²) in [7, 11) is 0. The smallest absolute Gasteiger partial charge is 0.394 e. The number of halogens is 5. The Hall–Kier alpha value is -2.83. The Labute approximate surface area is 154 Å². The molecule has 0 saturated carbocycles. The van der Waals surface area contributed by atoms with Crippen LogP contribution in [0.3, 0.4) is 0 Å². The lowest BCUT2D eigenvalue weighted by Gasteiger charge is -2.17. The van der Waals surface area contributed by atoms with Crippen LogP contribution in [0.25, 0.3) is 0 Å². The van der Waals surface area contributed by atoms with Crippen molar-refractivity contribution in [3.05, 3.63) is 53.4 Å². The number of benzene rings is 1. The molecule has 0 aliphatic carbocycles. The van der Waals surface area contributed by atoms with Crippen LogP contribution in [0.5, 0.6) is 0 Å². The number of aromatic nitrogens is 1. The SMILES string of the molecule is O=C(NOC[C@H](O)CO)c1ccc(F)c(F)c1Nc1cnccc1C(F)(F)F. The number of hydrogen-bond acceptors (Lipinski definition) is 6. The third-order valence-corrected chi connectivity index (χ3v) is 3.38. The summed E-state index contributed by atoms with van der Waals surface area (Å²) in [5.74, 6) is -4.14. The normalized spacial score (nSPS) is 12.5. The van der Waals surface area contributed by atoms with Gasteiger partial charge in [0, 0.05) is 6.20 Å². The first-order valence-electron chi connectivity index (χ1n) is 7.62. The number of alkyl halides is 3. The molecule has 4 N–H and O–H groups in total. The number of nitrogens with one attached hydrogen (secondary N) is 2. The number of aliphatic hydroxyl groups excluding tert-OH is 2. The van der Waals surface area contributed by atoms with Crippen LogP contribution < -0.4 is 10.8 Å². The minimum Gasteiger partial charge on any atom is -0.394 e. The van der Waals surface area contributed by atoms with Gasteiger partial charge in [0.1, 0.15) is 12.7 Å². The van der Waals surface area contributed by atoms with Gasteiger partial charge in [-0.05, 0) is 18.2 Å². The molecule has 1 atom stereocenters. The van der Waals surface area contributed by atoms with Crippen LogP contribution in [-0.4, -0.2) is 40.4 Å². The van der Waals surface area contributed by atoms with Crippen LogP contribution >= 0.6 is 0 Å². The summed E-state index contributed by atoms with van der Waals surface area (Å²) in [5, 5.41) is 19.8. The van der Waals surface area contributed by atoms with Crippen molar-refractivity contribution >= 4 is 17.3 Å². The highest BCUT2D eigenvalue weighted by atomic mass is 19.4. The Kier molecular flexibility index (Phi) is 6.83. The lowest BCUT2D eigenvalue weighted by Crippen LogP contribution is -2.30. The van der Waals surface area contributed by atoms with Gasteiger partial charge in [-0.2, -0.15) is 13.2 Å². The molecule has 0 radical (unpaired) electrons. The number of hydroxylamine groups is 1. The van der Waals surface area contributed by atoms with Gasteiger partial charge in [0.2, 0.25) is 0 Å². The third kappa shape index (κ3) is 5.12. The van der Waals surface area contributed by atoms with Gasteiger partial charge in [-0.3, -0.25) is 14.6 Å². The minimum atomic E-state index is -4.82. The second-order valence-corrected chi connectivity index (χ2v) is 5.41. The lowest BCUT2D eigenvalue weighted by atomic mass is 10.1. The van der Waals surface area contributed by atoms with Crippen LogP contribution in [0.4, 0.5) is 33.3 Å². The van der Waals surface area contributed by atoms with E-state index >= 15 is 0 Å². The van der Waals surface area contributed by atoms with E-state index in [2.05, 4.69) is 9.82 Å². The van der Waals surface area contributed by atoms with Crippen LogP contribution in [0.15, 0.2) is 30.6 Å². The molecule has 0 unspecified atom stereocenters. The zero-order valence-corrected chi connectivity index (χ0v) is 13.9. The number of carbonyl (C=O) groups is 1. The molecule has 28 heavy (non-hydrogen) atoms. The van der Waals surface area contributed by atoms with Crippen molar-refractivity contribution in [3.8, 4) is 0 Å². The van der Waals surface area contributed by atoms with E-state index in [9.17, 15) is 26.7 Å². The number of aliphatic hydroxyl groups is 2. The van der Waals surface area contributed by atoms with E-state index < -0.39 is 65.5 Å². The summed E-state index contributed by atoms with van der Waals surface area (Å²) in [6, 6.07) is 2.05. The second-order valence-electron chi connectivity index (χ2n) is 5.41. The largest absolute Gasteiger partial charge is 0.418 e. The molecule has 0 fully saturated rings. The summed E-state index contributed by atoms with van der Waals surface area (Å²) in [4.78, 5) is 20.2. The molecule has 0 saturated heterocycles. The van der Waals surface area contributed by atoms with Crippen molar-refractivity contribution in [2.24, 2.45) is 0 Å². The highest BCUT2D eigenvalue weighted by molar-refractivity contribution is 6.00. The van der Waals surface area contributed by atoms with Crippen molar-refractivity contribution in [2.75, 3.05) is 18.5 Å². The molecule has 0 bridgehead atoms. The first kappa shape index (κ1) is 21.5. The Morgan fingerprint density at radius 3 is 2.61 bits per heavy atom. The van der Waals surface area contributed by atoms with Crippen molar-refractivity contribution < 1.29 is 41.8 Å². The Balaban J connectivity index is 2.35. The third-order valence-electron chi connectivity index (χ3n) is 3.38. The van der Waals surface area contributed by atoms with Gasteiger partial charge >= 0.3 is 6.18 Å². The van der Waals surface area contributed by atoms with Crippen molar-refractivity contribution in [3.63, 3.8) is 0 Å². The number of anilines is 2. The summed E-state index contributed by atoms with van der Waals surface area (Å²) < 4.78 is 67.1.